The second kappa shape index (κ2) is 6.61. The summed E-state index contributed by atoms with van der Waals surface area (Å²) in [5.41, 5.74) is 1.19. The van der Waals surface area contributed by atoms with Gasteiger partial charge in [-0.2, -0.15) is 0 Å². The SMILES string of the molecule is CCC1CCN(C(=O)N(C)Cc2ccc(C(=O)O)cc2)C1. The number of aromatic carboxylic acids is 1. The number of hydrogen-bond donors (Lipinski definition) is 1. The van der Waals surface area contributed by atoms with Crippen LogP contribution in [0.15, 0.2) is 24.3 Å². The van der Waals surface area contributed by atoms with Gasteiger partial charge in [0.1, 0.15) is 0 Å². The molecule has 114 valence electrons. The van der Waals surface area contributed by atoms with Crippen LogP contribution in [0.3, 0.4) is 0 Å². The fourth-order valence-electron chi connectivity index (χ4n) is 2.68. The number of hydrogen-bond acceptors (Lipinski definition) is 2. The maximum absolute atomic E-state index is 12.3. The van der Waals surface area contributed by atoms with Gasteiger partial charge >= 0.3 is 12.0 Å². The van der Waals surface area contributed by atoms with Gasteiger partial charge < -0.3 is 14.9 Å². The Balaban J connectivity index is 1.93. The van der Waals surface area contributed by atoms with Crippen molar-refractivity contribution in [3.63, 3.8) is 0 Å². The van der Waals surface area contributed by atoms with Crippen molar-refractivity contribution in [3.05, 3.63) is 35.4 Å². The van der Waals surface area contributed by atoms with E-state index in [-0.39, 0.29) is 11.6 Å². The molecule has 1 unspecified atom stereocenters. The van der Waals surface area contributed by atoms with Gasteiger partial charge in [-0.05, 0) is 30.0 Å². The highest BCUT2D eigenvalue weighted by atomic mass is 16.4. The van der Waals surface area contributed by atoms with Gasteiger partial charge in [0.05, 0.1) is 5.56 Å². The Kier molecular flexibility index (Phi) is 4.83. The first-order chi connectivity index (χ1) is 10.0. The van der Waals surface area contributed by atoms with Crippen molar-refractivity contribution in [3.8, 4) is 0 Å². The molecule has 0 aliphatic carbocycles. The fourth-order valence-corrected chi connectivity index (χ4v) is 2.68. The Morgan fingerprint density at radius 1 is 1.33 bits per heavy atom. The minimum atomic E-state index is -0.936. The van der Waals surface area contributed by atoms with Crippen LogP contribution in [-0.2, 0) is 6.54 Å². The molecular formula is C16H22N2O3. The van der Waals surface area contributed by atoms with Gasteiger partial charge in [0.2, 0.25) is 0 Å². The predicted molar refractivity (Wildman–Crippen MR) is 80.2 cm³/mol. The van der Waals surface area contributed by atoms with E-state index < -0.39 is 5.97 Å². The maximum atomic E-state index is 12.3. The van der Waals surface area contributed by atoms with Gasteiger partial charge in [-0.3, -0.25) is 0 Å². The zero-order chi connectivity index (χ0) is 15.4. The van der Waals surface area contributed by atoms with Gasteiger partial charge in [-0.15, -0.1) is 0 Å². The number of likely N-dealkylation sites (tertiary alicyclic amines) is 1. The highest BCUT2D eigenvalue weighted by Gasteiger charge is 2.26. The van der Waals surface area contributed by atoms with Crippen LogP contribution in [-0.4, -0.2) is 47.0 Å². The quantitative estimate of drug-likeness (QED) is 0.927. The lowest BCUT2D eigenvalue weighted by Gasteiger charge is -2.24. The lowest BCUT2D eigenvalue weighted by Crippen LogP contribution is -2.39. The smallest absolute Gasteiger partial charge is 0.335 e. The largest absolute Gasteiger partial charge is 0.478 e. The van der Waals surface area contributed by atoms with Crippen LogP contribution in [0.4, 0.5) is 4.79 Å². The molecule has 1 heterocycles. The predicted octanol–water partition coefficient (Wildman–Crippen LogP) is 2.67. The summed E-state index contributed by atoms with van der Waals surface area (Å²) in [6, 6.07) is 6.70. The maximum Gasteiger partial charge on any atom is 0.335 e. The molecule has 1 atom stereocenters. The summed E-state index contributed by atoms with van der Waals surface area (Å²) in [4.78, 5) is 26.7. The summed E-state index contributed by atoms with van der Waals surface area (Å²) in [5, 5.41) is 8.87. The Hall–Kier alpha value is -2.04. The molecule has 2 amide bonds. The minimum Gasteiger partial charge on any atom is -0.478 e. The number of nitrogens with zero attached hydrogens (tertiary/aromatic N) is 2. The molecule has 1 aliphatic rings. The van der Waals surface area contributed by atoms with Crippen molar-refractivity contribution in [2.24, 2.45) is 5.92 Å². The lowest BCUT2D eigenvalue weighted by molar-refractivity contribution is 0.0697. The molecule has 0 saturated carbocycles. The van der Waals surface area contributed by atoms with Crippen molar-refractivity contribution < 1.29 is 14.7 Å². The van der Waals surface area contributed by atoms with Gasteiger partial charge in [0.15, 0.2) is 0 Å². The zero-order valence-corrected chi connectivity index (χ0v) is 12.6. The summed E-state index contributed by atoms with van der Waals surface area (Å²) >= 11 is 0. The van der Waals surface area contributed by atoms with Gasteiger partial charge in [-0.25, -0.2) is 9.59 Å². The third-order valence-corrected chi connectivity index (χ3v) is 4.08. The standard InChI is InChI=1S/C16H22N2O3/c1-3-12-8-9-18(11-12)16(21)17(2)10-13-4-6-14(7-5-13)15(19)20/h4-7,12H,3,8-11H2,1-2H3,(H,19,20). The van der Waals surface area contributed by atoms with Crippen molar-refractivity contribution in [1.82, 2.24) is 9.80 Å². The van der Waals surface area contributed by atoms with E-state index in [0.717, 1.165) is 31.5 Å². The molecule has 1 N–H and O–H groups in total. The molecule has 1 aromatic carbocycles. The van der Waals surface area contributed by atoms with Crippen LogP contribution in [0.1, 0.15) is 35.7 Å². The van der Waals surface area contributed by atoms with Crippen molar-refractivity contribution >= 4 is 12.0 Å². The highest BCUT2D eigenvalue weighted by molar-refractivity contribution is 5.87. The molecule has 0 radical (unpaired) electrons. The van der Waals surface area contributed by atoms with Gasteiger partial charge in [-0.1, -0.05) is 25.5 Å². The van der Waals surface area contributed by atoms with E-state index in [2.05, 4.69) is 6.92 Å². The average Bonchev–Trinajstić information content (AvgIpc) is 2.95. The topological polar surface area (TPSA) is 60.9 Å². The van der Waals surface area contributed by atoms with E-state index in [0.29, 0.717) is 12.5 Å². The normalized spacial score (nSPS) is 17.8. The van der Waals surface area contributed by atoms with Crippen LogP contribution in [0.5, 0.6) is 0 Å². The number of amides is 2. The molecule has 2 rings (SSSR count). The molecule has 1 saturated heterocycles. The van der Waals surface area contributed by atoms with E-state index in [1.807, 2.05) is 4.90 Å². The third-order valence-electron chi connectivity index (χ3n) is 4.08. The number of rotatable bonds is 4. The number of urea groups is 1. The fraction of sp³-hybridized carbons (Fsp3) is 0.500. The number of carboxylic acids is 1. The van der Waals surface area contributed by atoms with Gasteiger partial charge in [0.25, 0.3) is 0 Å². The summed E-state index contributed by atoms with van der Waals surface area (Å²) in [6.07, 6.45) is 2.20. The molecule has 1 fully saturated rings. The molecule has 21 heavy (non-hydrogen) atoms. The first kappa shape index (κ1) is 15.4. The lowest BCUT2D eigenvalue weighted by atomic mass is 10.1. The molecule has 1 aromatic rings. The van der Waals surface area contributed by atoms with Crippen LogP contribution in [0.2, 0.25) is 0 Å². The molecule has 0 spiro atoms. The van der Waals surface area contributed by atoms with Crippen LogP contribution in [0.25, 0.3) is 0 Å². The third kappa shape index (κ3) is 3.74. The summed E-state index contributed by atoms with van der Waals surface area (Å²) in [7, 11) is 1.78. The monoisotopic (exact) mass is 290 g/mol. The first-order valence-electron chi connectivity index (χ1n) is 7.33. The number of benzene rings is 1. The van der Waals surface area contributed by atoms with Gasteiger partial charge in [0, 0.05) is 26.7 Å². The van der Waals surface area contributed by atoms with E-state index >= 15 is 0 Å². The van der Waals surface area contributed by atoms with E-state index in [1.54, 1.807) is 36.2 Å². The van der Waals surface area contributed by atoms with E-state index in [9.17, 15) is 9.59 Å². The first-order valence-corrected chi connectivity index (χ1v) is 7.33. The van der Waals surface area contributed by atoms with Crippen LogP contribution < -0.4 is 0 Å². The zero-order valence-electron chi connectivity index (χ0n) is 12.6. The molecule has 0 bridgehead atoms. The average molecular weight is 290 g/mol. The highest BCUT2D eigenvalue weighted by Crippen LogP contribution is 2.20. The van der Waals surface area contributed by atoms with Crippen LogP contribution in [0, 0.1) is 5.92 Å². The molecular weight excluding hydrogens is 268 g/mol. The summed E-state index contributed by atoms with van der Waals surface area (Å²) < 4.78 is 0. The molecule has 0 aromatic heterocycles. The Morgan fingerprint density at radius 3 is 2.52 bits per heavy atom. The Morgan fingerprint density at radius 2 is 2.00 bits per heavy atom. The van der Waals surface area contributed by atoms with Crippen LogP contribution >= 0.6 is 0 Å². The molecule has 1 aliphatic heterocycles. The second-order valence-electron chi connectivity index (χ2n) is 5.65. The number of carboxylic acid groups (broad SMARTS) is 1. The van der Waals surface area contributed by atoms with E-state index in [4.69, 9.17) is 5.11 Å². The molecule has 5 heteroatoms. The number of carbonyl (C=O) groups excluding carboxylic acids is 1. The summed E-state index contributed by atoms with van der Waals surface area (Å²) in [5.74, 6) is -0.314. The number of carbonyl (C=O) groups is 2. The van der Waals surface area contributed by atoms with Crippen molar-refractivity contribution in [2.45, 2.75) is 26.3 Å². The Bertz CT molecular complexity index is 513. The van der Waals surface area contributed by atoms with Crippen molar-refractivity contribution in [2.75, 3.05) is 20.1 Å². The minimum absolute atomic E-state index is 0.0493. The van der Waals surface area contributed by atoms with E-state index in [1.165, 1.54) is 0 Å². The second-order valence-corrected chi connectivity index (χ2v) is 5.65. The summed E-state index contributed by atoms with van der Waals surface area (Å²) in [6.45, 7) is 4.33. The molecule has 5 nitrogen and oxygen atoms in total. The Labute approximate surface area is 125 Å². The van der Waals surface area contributed by atoms with Crippen molar-refractivity contribution in [1.29, 1.82) is 0 Å².